The average molecular weight is 241 g/mol. The number of ether oxygens (including phenoxy) is 1. The zero-order chi connectivity index (χ0) is 12.4. The molecule has 3 nitrogen and oxygen atoms in total. The van der Waals surface area contributed by atoms with E-state index in [2.05, 4.69) is 5.32 Å². The molecule has 92 valence electrons. The van der Waals surface area contributed by atoms with Crippen molar-refractivity contribution in [1.29, 1.82) is 0 Å². The summed E-state index contributed by atoms with van der Waals surface area (Å²) in [6.45, 7) is 2.76. The molecule has 1 fully saturated rings. The Morgan fingerprint density at radius 2 is 2.00 bits per heavy atom. The van der Waals surface area contributed by atoms with E-state index in [0.29, 0.717) is 13.1 Å². The summed E-state index contributed by atoms with van der Waals surface area (Å²) in [5.74, 6) is -2.04. The molecule has 1 aromatic carbocycles. The number of carbonyl (C=O) groups excluding carboxylic acids is 1. The van der Waals surface area contributed by atoms with Gasteiger partial charge in [-0.25, -0.2) is 8.78 Å². The van der Waals surface area contributed by atoms with E-state index in [1.54, 1.807) is 6.92 Å². The van der Waals surface area contributed by atoms with E-state index in [-0.39, 0.29) is 23.7 Å². The van der Waals surface area contributed by atoms with Gasteiger partial charge in [0.1, 0.15) is 17.4 Å². The van der Waals surface area contributed by atoms with Crippen LogP contribution in [0.25, 0.3) is 0 Å². The fourth-order valence-electron chi connectivity index (χ4n) is 1.71. The minimum atomic E-state index is -0.657. The van der Waals surface area contributed by atoms with Crippen molar-refractivity contribution >= 4 is 5.97 Å². The van der Waals surface area contributed by atoms with Crippen LogP contribution in [-0.2, 0) is 4.79 Å². The van der Waals surface area contributed by atoms with E-state index in [9.17, 15) is 13.6 Å². The number of nitrogens with one attached hydrogen (secondary N) is 1. The lowest BCUT2D eigenvalue weighted by molar-refractivity contribution is -0.134. The number of halogens is 2. The number of esters is 1. The normalized spacial score (nSPS) is 15.5. The first kappa shape index (κ1) is 12.0. The van der Waals surface area contributed by atoms with Crippen LogP contribution in [0.1, 0.15) is 24.8 Å². The van der Waals surface area contributed by atoms with Crippen molar-refractivity contribution in [3.05, 3.63) is 29.3 Å². The lowest BCUT2D eigenvalue weighted by Crippen LogP contribution is -2.40. The lowest BCUT2D eigenvalue weighted by atomic mass is 9.92. The molecule has 1 saturated heterocycles. The van der Waals surface area contributed by atoms with Crippen LogP contribution in [-0.4, -0.2) is 19.1 Å². The first-order valence-corrected chi connectivity index (χ1v) is 5.52. The van der Waals surface area contributed by atoms with Crippen LogP contribution < -0.4 is 10.1 Å². The van der Waals surface area contributed by atoms with Crippen molar-refractivity contribution in [2.24, 2.45) is 0 Å². The molecule has 0 aliphatic carbocycles. The summed E-state index contributed by atoms with van der Waals surface area (Å²) in [4.78, 5) is 11.0. The summed E-state index contributed by atoms with van der Waals surface area (Å²) in [6, 6.07) is 2.12. The van der Waals surface area contributed by atoms with Gasteiger partial charge in [0, 0.05) is 43.1 Å². The van der Waals surface area contributed by atoms with Crippen molar-refractivity contribution in [1.82, 2.24) is 5.32 Å². The Labute approximate surface area is 97.8 Å². The Bertz CT molecular complexity index is 421. The predicted molar refractivity (Wildman–Crippen MR) is 57.9 cm³/mol. The molecule has 1 heterocycles. The third-order valence-electron chi connectivity index (χ3n) is 2.76. The van der Waals surface area contributed by atoms with E-state index in [4.69, 9.17) is 4.74 Å². The van der Waals surface area contributed by atoms with Crippen LogP contribution in [0.5, 0.6) is 5.75 Å². The molecular weight excluding hydrogens is 228 g/mol. The molecule has 0 bridgehead atoms. The number of benzene rings is 1. The molecule has 0 amide bonds. The molecule has 0 radical (unpaired) electrons. The number of carbonyl (C=O) groups is 1. The molecule has 1 aliphatic heterocycles. The summed E-state index contributed by atoms with van der Waals surface area (Å²) in [5, 5.41) is 2.95. The van der Waals surface area contributed by atoms with Gasteiger partial charge in [-0.2, -0.15) is 0 Å². The summed E-state index contributed by atoms with van der Waals surface area (Å²) >= 11 is 0. The molecule has 17 heavy (non-hydrogen) atoms. The second-order valence-corrected chi connectivity index (χ2v) is 3.98. The van der Waals surface area contributed by atoms with E-state index < -0.39 is 17.6 Å². The van der Waals surface area contributed by atoms with Crippen LogP contribution in [0.2, 0.25) is 0 Å². The average Bonchev–Trinajstić information content (AvgIpc) is 2.20. The fraction of sp³-hybridized carbons (Fsp3) is 0.417. The van der Waals surface area contributed by atoms with Crippen LogP contribution in [0.4, 0.5) is 8.78 Å². The minimum absolute atomic E-state index is 0.0695. The third kappa shape index (κ3) is 2.44. The van der Waals surface area contributed by atoms with E-state index in [1.165, 1.54) is 0 Å². The number of hydrogen-bond acceptors (Lipinski definition) is 3. The minimum Gasteiger partial charge on any atom is -0.426 e. The Morgan fingerprint density at radius 3 is 2.41 bits per heavy atom. The maximum Gasteiger partial charge on any atom is 0.310 e. The first-order valence-electron chi connectivity index (χ1n) is 5.52. The van der Waals surface area contributed by atoms with Gasteiger partial charge in [-0.3, -0.25) is 4.79 Å². The quantitative estimate of drug-likeness (QED) is 0.649. The molecule has 0 unspecified atom stereocenters. The van der Waals surface area contributed by atoms with Gasteiger partial charge in [0.05, 0.1) is 0 Å². The van der Waals surface area contributed by atoms with Crippen LogP contribution in [0, 0.1) is 11.6 Å². The second kappa shape index (κ2) is 4.79. The van der Waals surface area contributed by atoms with Gasteiger partial charge < -0.3 is 10.1 Å². The summed E-state index contributed by atoms with van der Waals surface area (Å²) in [5.41, 5.74) is 0.0695. The predicted octanol–water partition coefficient (Wildman–Crippen LogP) is 1.97. The van der Waals surface area contributed by atoms with Crippen molar-refractivity contribution in [3.63, 3.8) is 0 Å². The van der Waals surface area contributed by atoms with E-state index in [0.717, 1.165) is 12.1 Å². The highest BCUT2D eigenvalue weighted by Crippen LogP contribution is 2.29. The van der Waals surface area contributed by atoms with E-state index >= 15 is 0 Å². The van der Waals surface area contributed by atoms with Gasteiger partial charge in [0.2, 0.25) is 0 Å². The lowest BCUT2D eigenvalue weighted by Gasteiger charge is -2.28. The zero-order valence-corrected chi connectivity index (χ0v) is 9.43. The molecule has 0 aromatic heterocycles. The van der Waals surface area contributed by atoms with Gasteiger partial charge in [0.25, 0.3) is 0 Å². The van der Waals surface area contributed by atoms with Crippen molar-refractivity contribution in [3.8, 4) is 5.75 Å². The van der Waals surface area contributed by atoms with Gasteiger partial charge in [0.15, 0.2) is 0 Å². The van der Waals surface area contributed by atoms with Gasteiger partial charge in [-0.1, -0.05) is 6.92 Å². The van der Waals surface area contributed by atoms with Crippen LogP contribution in [0.3, 0.4) is 0 Å². The van der Waals surface area contributed by atoms with Gasteiger partial charge >= 0.3 is 5.97 Å². The molecule has 0 atom stereocenters. The SMILES string of the molecule is CCC(=O)Oc1cc(F)c(C2CNC2)c(F)c1. The maximum atomic E-state index is 13.7. The van der Waals surface area contributed by atoms with Gasteiger partial charge in [-0.05, 0) is 0 Å². The molecule has 0 spiro atoms. The highest BCUT2D eigenvalue weighted by molar-refractivity contribution is 5.71. The molecule has 0 saturated carbocycles. The second-order valence-electron chi connectivity index (χ2n) is 3.98. The van der Waals surface area contributed by atoms with Gasteiger partial charge in [-0.15, -0.1) is 0 Å². The Morgan fingerprint density at radius 1 is 1.41 bits per heavy atom. The third-order valence-corrected chi connectivity index (χ3v) is 2.76. The summed E-state index contributed by atoms with van der Waals surface area (Å²) < 4.78 is 32.1. The monoisotopic (exact) mass is 241 g/mol. The molecule has 5 heteroatoms. The Balaban J connectivity index is 2.24. The van der Waals surface area contributed by atoms with Crippen molar-refractivity contribution in [2.75, 3.05) is 13.1 Å². The molecule has 1 N–H and O–H groups in total. The summed E-state index contributed by atoms with van der Waals surface area (Å²) in [6.07, 6.45) is 0.164. The maximum absolute atomic E-state index is 13.7. The molecule has 1 aromatic rings. The summed E-state index contributed by atoms with van der Waals surface area (Å²) in [7, 11) is 0. The largest absolute Gasteiger partial charge is 0.426 e. The van der Waals surface area contributed by atoms with Crippen molar-refractivity contribution < 1.29 is 18.3 Å². The highest BCUT2D eigenvalue weighted by atomic mass is 19.1. The molecule has 1 aliphatic rings. The standard InChI is InChI=1S/C12H13F2NO2/c1-2-11(16)17-8-3-9(13)12(10(14)4-8)7-5-15-6-7/h3-4,7,15H,2,5-6H2,1H3. The molecule has 2 rings (SSSR count). The fourth-order valence-corrected chi connectivity index (χ4v) is 1.71. The molecular formula is C12H13F2NO2. The van der Waals surface area contributed by atoms with E-state index in [1.807, 2.05) is 0 Å². The first-order chi connectivity index (χ1) is 8.11. The number of rotatable bonds is 3. The smallest absolute Gasteiger partial charge is 0.310 e. The van der Waals surface area contributed by atoms with Crippen LogP contribution in [0.15, 0.2) is 12.1 Å². The Hall–Kier alpha value is -1.49. The topological polar surface area (TPSA) is 38.3 Å². The zero-order valence-electron chi connectivity index (χ0n) is 9.43. The highest BCUT2D eigenvalue weighted by Gasteiger charge is 2.26. The van der Waals surface area contributed by atoms with Crippen molar-refractivity contribution in [2.45, 2.75) is 19.3 Å². The van der Waals surface area contributed by atoms with Crippen LogP contribution >= 0.6 is 0 Å². The Kier molecular flexibility index (Phi) is 3.38. The number of hydrogen-bond donors (Lipinski definition) is 1.